The van der Waals surface area contributed by atoms with Crippen LogP contribution in [-0.4, -0.2) is 16.1 Å². The normalized spacial score (nSPS) is 14.6. The second-order valence-electron chi connectivity index (χ2n) is 4.29. The van der Waals surface area contributed by atoms with E-state index < -0.39 is 0 Å². The largest absolute Gasteiger partial charge is 0.374 e. The summed E-state index contributed by atoms with van der Waals surface area (Å²) in [5.74, 6) is -0.277. The number of anilines is 2. The smallest absolute Gasteiger partial charge is 0.227 e. The third-order valence-corrected chi connectivity index (χ3v) is 3.75. The average molecular weight is 278 g/mol. The van der Waals surface area contributed by atoms with Gasteiger partial charge in [-0.15, -0.1) is 10.2 Å². The zero-order valence-electron chi connectivity index (χ0n) is 9.97. The molecule has 3 rings (SSSR count). The number of carbonyl (C=O) groups is 1. The highest BCUT2D eigenvalue weighted by Gasteiger charge is 2.25. The number of nitrogens with zero attached hydrogens (tertiary/aromatic N) is 3. The van der Waals surface area contributed by atoms with Crippen molar-refractivity contribution in [2.75, 3.05) is 10.6 Å². The molecule has 0 unspecified atom stereocenters. The van der Waals surface area contributed by atoms with Gasteiger partial charge in [0, 0.05) is 12.1 Å². The van der Waals surface area contributed by atoms with Gasteiger partial charge in [-0.05, 0) is 30.2 Å². The molecule has 2 heterocycles. The second-order valence-corrected chi connectivity index (χ2v) is 5.38. The van der Waals surface area contributed by atoms with E-state index in [-0.39, 0.29) is 11.7 Å². The zero-order chi connectivity index (χ0) is 13.4. The lowest BCUT2D eigenvalue weighted by atomic mass is 10.0. The van der Waals surface area contributed by atoms with Crippen molar-refractivity contribution in [2.24, 2.45) is 0 Å². The van der Waals surface area contributed by atoms with Crippen molar-refractivity contribution in [1.29, 1.82) is 0 Å². The van der Waals surface area contributed by atoms with Crippen LogP contribution in [0.3, 0.4) is 0 Å². The monoisotopic (exact) mass is 278 g/mol. The predicted molar refractivity (Wildman–Crippen MR) is 70.2 cm³/mol. The first-order chi connectivity index (χ1) is 9.13. The molecule has 98 valence electrons. The minimum Gasteiger partial charge on any atom is -0.374 e. The molecule has 1 aromatic carbocycles. The highest BCUT2D eigenvalue weighted by molar-refractivity contribution is 7.15. The number of aryl methyl sites for hydroxylation is 1. The number of hydrogen-bond donors (Lipinski definition) is 1. The fourth-order valence-corrected chi connectivity index (χ4v) is 2.77. The van der Waals surface area contributed by atoms with E-state index in [4.69, 9.17) is 5.73 Å². The van der Waals surface area contributed by atoms with Crippen molar-refractivity contribution in [2.45, 2.75) is 19.4 Å². The number of nitrogen functional groups attached to an aromatic ring is 1. The Labute approximate surface area is 112 Å². The summed E-state index contributed by atoms with van der Waals surface area (Å²) >= 11 is 1.25. The molecule has 1 amide bonds. The van der Waals surface area contributed by atoms with Crippen LogP contribution in [0, 0.1) is 5.82 Å². The number of aromatic nitrogens is 2. The van der Waals surface area contributed by atoms with Crippen LogP contribution in [0.2, 0.25) is 0 Å². The number of halogens is 1. The van der Waals surface area contributed by atoms with E-state index in [0.29, 0.717) is 29.5 Å². The lowest BCUT2D eigenvalue weighted by molar-refractivity contribution is -0.119. The van der Waals surface area contributed by atoms with Gasteiger partial charge in [0.15, 0.2) is 0 Å². The van der Waals surface area contributed by atoms with Gasteiger partial charge in [-0.3, -0.25) is 4.79 Å². The molecule has 1 aliphatic rings. The molecule has 5 nitrogen and oxygen atoms in total. The van der Waals surface area contributed by atoms with Gasteiger partial charge >= 0.3 is 0 Å². The maximum Gasteiger partial charge on any atom is 0.227 e. The van der Waals surface area contributed by atoms with Crippen molar-refractivity contribution in [3.8, 4) is 0 Å². The van der Waals surface area contributed by atoms with E-state index >= 15 is 0 Å². The number of benzene rings is 1. The summed E-state index contributed by atoms with van der Waals surface area (Å²) in [4.78, 5) is 13.6. The van der Waals surface area contributed by atoms with Gasteiger partial charge in [-0.2, -0.15) is 0 Å². The molecule has 0 atom stereocenters. The van der Waals surface area contributed by atoms with Gasteiger partial charge in [0.2, 0.25) is 11.0 Å². The third-order valence-electron chi connectivity index (χ3n) is 3.02. The van der Waals surface area contributed by atoms with Gasteiger partial charge in [0.1, 0.15) is 10.8 Å². The minimum atomic E-state index is -0.284. The molecule has 1 aliphatic heterocycles. The van der Waals surface area contributed by atoms with Crippen LogP contribution in [0.1, 0.15) is 17.0 Å². The number of carbonyl (C=O) groups excluding carboxylic acids is 1. The van der Waals surface area contributed by atoms with Gasteiger partial charge in [-0.1, -0.05) is 11.3 Å². The molecule has 2 N–H and O–H groups in total. The standard InChI is InChI=1S/C12H11FN4OS/c13-8-2-3-9-7(5-8)1-4-11(18)17(9)6-10-15-16-12(14)19-10/h2-3,5H,1,4,6H2,(H2,14,16). The SMILES string of the molecule is Nc1nnc(CN2C(=O)CCc3cc(F)ccc32)s1. The molecule has 0 saturated heterocycles. The Kier molecular flexibility index (Phi) is 2.90. The summed E-state index contributed by atoms with van der Waals surface area (Å²) in [7, 11) is 0. The predicted octanol–water partition coefficient (Wildman–Crippen LogP) is 1.74. The summed E-state index contributed by atoms with van der Waals surface area (Å²) in [5.41, 5.74) is 7.11. The van der Waals surface area contributed by atoms with Crippen molar-refractivity contribution in [3.05, 3.63) is 34.6 Å². The molecule has 2 aromatic rings. The van der Waals surface area contributed by atoms with E-state index in [1.165, 1.54) is 23.5 Å². The fourth-order valence-electron chi connectivity index (χ4n) is 2.17. The van der Waals surface area contributed by atoms with Crippen LogP contribution in [0.15, 0.2) is 18.2 Å². The molecule has 0 saturated carbocycles. The lowest BCUT2D eigenvalue weighted by Crippen LogP contribution is -2.34. The summed E-state index contributed by atoms with van der Waals surface area (Å²) in [6, 6.07) is 4.47. The van der Waals surface area contributed by atoms with Crippen LogP contribution in [0.25, 0.3) is 0 Å². The first-order valence-corrected chi connectivity index (χ1v) is 6.62. The van der Waals surface area contributed by atoms with Crippen LogP contribution >= 0.6 is 11.3 Å². The number of rotatable bonds is 2. The highest BCUT2D eigenvalue weighted by atomic mass is 32.1. The Morgan fingerprint density at radius 3 is 2.95 bits per heavy atom. The van der Waals surface area contributed by atoms with E-state index in [1.54, 1.807) is 11.0 Å². The number of nitrogens with two attached hydrogens (primary N) is 1. The van der Waals surface area contributed by atoms with Crippen LogP contribution in [0.4, 0.5) is 15.2 Å². The van der Waals surface area contributed by atoms with Crippen molar-refractivity contribution in [3.63, 3.8) is 0 Å². The first-order valence-electron chi connectivity index (χ1n) is 5.80. The Hall–Kier alpha value is -2.02. The van der Waals surface area contributed by atoms with E-state index in [1.807, 2.05) is 0 Å². The van der Waals surface area contributed by atoms with E-state index in [0.717, 1.165) is 11.3 Å². The number of amides is 1. The average Bonchev–Trinajstić information content (AvgIpc) is 2.78. The number of fused-ring (bicyclic) bond motifs is 1. The summed E-state index contributed by atoms with van der Waals surface area (Å²) in [6.07, 6.45) is 0.950. The summed E-state index contributed by atoms with van der Waals surface area (Å²) in [5, 5.41) is 8.68. The highest BCUT2D eigenvalue weighted by Crippen LogP contribution is 2.30. The van der Waals surface area contributed by atoms with Crippen molar-refractivity contribution in [1.82, 2.24) is 10.2 Å². The first kappa shape index (κ1) is 12.0. The van der Waals surface area contributed by atoms with Gasteiger partial charge in [0.25, 0.3) is 0 Å². The molecule has 19 heavy (non-hydrogen) atoms. The zero-order valence-corrected chi connectivity index (χ0v) is 10.8. The van der Waals surface area contributed by atoms with Crippen LogP contribution in [-0.2, 0) is 17.8 Å². The topological polar surface area (TPSA) is 72.1 Å². The quantitative estimate of drug-likeness (QED) is 0.908. The molecule has 0 radical (unpaired) electrons. The van der Waals surface area contributed by atoms with E-state index in [9.17, 15) is 9.18 Å². The molecule has 0 fully saturated rings. The van der Waals surface area contributed by atoms with Gasteiger partial charge in [-0.25, -0.2) is 4.39 Å². The van der Waals surface area contributed by atoms with Crippen LogP contribution in [0.5, 0.6) is 0 Å². The molecule has 0 aliphatic carbocycles. The molecule has 0 spiro atoms. The third kappa shape index (κ3) is 2.28. The second kappa shape index (κ2) is 4.58. The lowest BCUT2D eigenvalue weighted by Gasteiger charge is -2.28. The van der Waals surface area contributed by atoms with Gasteiger partial charge < -0.3 is 10.6 Å². The molecule has 1 aromatic heterocycles. The Morgan fingerprint density at radius 2 is 2.21 bits per heavy atom. The maximum atomic E-state index is 13.2. The van der Waals surface area contributed by atoms with Crippen molar-refractivity contribution >= 4 is 28.1 Å². The van der Waals surface area contributed by atoms with Crippen molar-refractivity contribution < 1.29 is 9.18 Å². The molecule has 7 heteroatoms. The Bertz CT molecular complexity index is 642. The fraction of sp³-hybridized carbons (Fsp3) is 0.250. The summed E-state index contributed by atoms with van der Waals surface area (Å²) in [6.45, 7) is 0.326. The Balaban J connectivity index is 1.94. The molecular weight excluding hydrogens is 267 g/mol. The summed E-state index contributed by atoms with van der Waals surface area (Å²) < 4.78 is 13.2. The molecule has 0 bridgehead atoms. The minimum absolute atomic E-state index is 0.00730. The number of hydrogen-bond acceptors (Lipinski definition) is 5. The maximum absolute atomic E-state index is 13.2. The Morgan fingerprint density at radius 1 is 1.37 bits per heavy atom. The van der Waals surface area contributed by atoms with Crippen LogP contribution < -0.4 is 10.6 Å². The van der Waals surface area contributed by atoms with Gasteiger partial charge in [0.05, 0.1) is 6.54 Å². The van der Waals surface area contributed by atoms with E-state index in [2.05, 4.69) is 10.2 Å². The molecular formula is C12H11FN4OS.